The van der Waals surface area contributed by atoms with Gasteiger partial charge in [-0.2, -0.15) is 13.2 Å². The van der Waals surface area contributed by atoms with Gasteiger partial charge in [-0.3, -0.25) is 0 Å². The molecule has 0 aromatic heterocycles. The van der Waals surface area contributed by atoms with Gasteiger partial charge in [-0.05, 0) is 37.2 Å². The lowest BCUT2D eigenvalue weighted by Gasteiger charge is -2.19. The van der Waals surface area contributed by atoms with Gasteiger partial charge in [-0.1, -0.05) is 23.2 Å². The molecule has 1 aromatic carbocycles. The highest BCUT2D eigenvalue weighted by Crippen LogP contribution is 2.32. The Balaban J connectivity index is 2.82. The van der Waals surface area contributed by atoms with Crippen molar-refractivity contribution in [2.45, 2.75) is 25.1 Å². The largest absolute Gasteiger partial charge is 0.389 e. The summed E-state index contributed by atoms with van der Waals surface area (Å²) in [4.78, 5) is 0. The van der Waals surface area contributed by atoms with Gasteiger partial charge >= 0.3 is 6.18 Å². The van der Waals surface area contributed by atoms with E-state index in [4.69, 9.17) is 23.2 Å². The van der Waals surface area contributed by atoms with Crippen LogP contribution in [0.5, 0.6) is 0 Å². The van der Waals surface area contributed by atoms with Gasteiger partial charge in [0.15, 0.2) is 0 Å². The van der Waals surface area contributed by atoms with Crippen LogP contribution in [0.15, 0.2) is 18.2 Å². The number of benzene rings is 1. The smallest absolute Gasteiger partial charge is 0.313 e. The van der Waals surface area contributed by atoms with Gasteiger partial charge in [0.1, 0.15) is 0 Å². The molecule has 0 saturated carbocycles. The minimum atomic E-state index is -4.17. The molecule has 1 atom stereocenters. The van der Waals surface area contributed by atoms with Crippen molar-refractivity contribution in [3.8, 4) is 0 Å². The van der Waals surface area contributed by atoms with Crippen LogP contribution in [0.2, 0.25) is 10.0 Å². The van der Waals surface area contributed by atoms with E-state index in [9.17, 15) is 13.2 Å². The van der Waals surface area contributed by atoms with Crippen molar-refractivity contribution in [3.63, 3.8) is 0 Å². The van der Waals surface area contributed by atoms with Crippen molar-refractivity contribution in [2.24, 2.45) is 0 Å². The first-order valence-corrected chi connectivity index (χ1v) is 5.78. The summed E-state index contributed by atoms with van der Waals surface area (Å²) in [5, 5.41) is 3.68. The molecule has 0 aliphatic rings. The zero-order valence-corrected chi connectivity index (χ0v) is 10.6. The number of rotatable bonds is 4. The van der Waals surface area contributed by atoms with Crippen LogP contribution in [-0.4, -0.2) is 13.2 Å². The second-order valence-corrected chi connectivity index (χ2v) is 4.50. The van der Waals surface area contributed by atoms with E-state index in [1.54, 1.807) is 25.2 Å². The zero-order chi connectivity index (χ0) is 13.1. The fraction of sp³-hybridized carbons (Fsp3) is 0.455. The van der Waals surface area contributed by atoms with Gasteiger partial charge in [0.2, 0.25) is 0 Å². The first-order valence-electron chi connectivity index (χ1n) is 5.02. The molecule has 1 rings (SSSR count). The fourth-order valence-electron chi connectivity index (χ4n) is 1.54. The normalized spacial score (nSPS) is 13.8. The topological polar surface area (TPSA) is 12.0 Å². The maximum Gasteiger partial charge on any atom is 0.389 e. The summed E-state index contributed by atoms with van der Waals surface area (Å²) < 4.78 is 36.5. The quantitative estimate of drug-likeness (QED) is 0.853. The van der Waals surface area contributed by atoms with Crippen molar-refractivity contribution in [1.82, 2.24) is 5.32 Å². The first-order chi connectivity index (χ1) is 7.83. The zero-order valence-electron chi connectivity index (χ0n) is 9.11. The Labute approximate surface area is 108 Å². The van der Waals surface area contributed by atoms with Crippen molar-refractivity contribution in [3.05, 3.63) is 33.8 Å². The summed E-state index contributed by atoms with van der Waals surface area (Å²) in [6, 6.07) is 4.31. The molecule has 0 radical (unpaired) electrons. The summed E-state index contributed by atoms with van der Waals surface area (Å²) in [7, 11) is 1.60. The maximum atomic E-state index is 12.2. The molecule has 0 spiro atoms. The molecule has 1 aromatic rings. The van der Waals surface area contributed by atoms with Crippen LogP contribution in [0.4, 0.5) is 13.2 Å². The Morgan fingerprint density at radius 1 is 1.29 bits per heavy atom. The average Bonchev–Trinajstić information content (AvgIpc) is 2.22. The SMILES string of the molecule is CNC(CCC(F)(F)F)c1cc(Cl)ccc1Cl. The maximum absolute atomic E-state index is 12.2. The minimum absolute atomic E-state index is 0.0694. The number of halogens is 5. The van der Waals surface area contributed by atoms with Crippen LogP contribution in [-0.2, 0) is 0 Å². The molecule has 6 heteroatoms. The predicted molar refractivity (Wildman–Crippen MR) is 63.6 cm³/mol. The summed E-state index contributed by atoms with van der Waals surface area (Å²) in [5.41, 5.74) is 0.589. The lowest BCUT2D eigenvalue weighted by molar-refractivity contribution is -0.136. The highest BCUT2D eigenvalue weighted by molar-refractivity contribution is 6.33. The van der Waals surface area contributed by atoms with Gasteiger partial charge in [0, 0.05) is 22.5 Å². The Bertz CT molecular complexity index is 379. The second-order valence-electron chi connectivity index (χ2n) is 3.66. The van der Waals surface area contributed by atoms with Crippen molar-refractivity contribution >= 4 is 23.2 Å². The Morgan fingerprint density at radius 2 is 1.94 bits per heavy atom. The lowest BCUT2D eigenvalue weighted by atomic mass is 10.0. The van der Waals surface area contributed by atoms with Crippen LogP contribution >= 0.6 is 23.2 Å². The monoisotopic (exact) mass is 285 g/mol. The third-order valence-electron chi connectivity index (χ3n) is 2.40. The Morgan fingerprint density at radius 3 is 2.47 bits per heavy atom. The molecule has 1 N–H and O–H groups in total. The van der Waals surface area contributed by atoms with E-state index in [0.717, 1.165) is 0 Å². The van der Waals surface area contributed by atoms with Crippen LogP contribution in [0.25, 0.3) is 0 Å². The van der Waals surface area contributed by atoms with E-state index >= 15 is 0 Å². The van der Waals surface area contributed by atoms with E-state index in [1.165, 1.54) is 0 Å². The van der Waals surface area contributed by atoms with Gasteiger partial charge in [0.25, 0.3) is 0 Å². The highest BCUT2D eigenvalue weighted by Gasteiger charge is 2.28. The molecule has 96 valence electrons. The standard InChI is InChI=1S/C11H12Cl2F3N/c1-17-10(4-5-11(14,15)16)8-6-7(12)2-3-9(8)13/h2-3,6,10,17H,4-5H2,1H3. The summed E-state index contributed by atoms with van der Waals surface area (Å²) in [5.74, 6) is 0. The molecule has 0 aliphatic carbocycles. The van der Waals surface area contributed by atoms with Crippen LogP contribution in [0.3, 0.4) is 0 Å². The van der Waals surface area contributed by atoms with Gasteiger partial charge in [-0.25, -0.2) is 0 Å². The average molecular weight is 286 g/mol. The molecule has 1 nitrogen and oxygen atoms in total. The van der Waals surface area contributed by atoms with Gasteiger partial charge in [0.05, 0.1) is 0 Å². The molecule has 17 heavy (non-hydrogen) atoms. The van der Waals surface area contributed by atoms with E-state index in [1.807, 2.05) is 0 Å². The van der Waals surface area contributed by atoms with Crippen LogP contribution in [0, 0.1) is 0 Å². The molecule has 0 heterocycles. The van der Waals surface area contributed by atoms with Crippen molar-refractivity contribution in [1.29, 1.82) is 0 Å². The van der Waals surface area contributed by atoms with Crippen molar-refractivity contribution < 1.29 is 13.2 Å². The van der Waals surface area contributed by atoms with Crippen LogP contribution in [0.1, 0.15) is 24.4 Å². The third kappa shape index (κ3) is 4.74. The van der Waals surface area contributed by atoms with E-state index in [-0.39, 0.29) is 6.42 Å². The number of alkyl halides is 3. The molecule has 0 amide bonds. The summed E-state index contributed by atoms with van der Waals surface area (Å²) >= 11 is 11.7. The van der Waals surface area contributed by atoms with Crippen LogP contribution < -0.4 is 5.32 Å². The molecule has 0 aliphatic heterocycles. The summed E-state index contributed by atoms with van der Waals surface area (Å²) in [6.45, 7) is 0. The van der Waals surface area contributed by atoms with E-state index in [0.29, 0.717) is 15.6 Å². The van der Waals surface area contributed by atoms with Crippen molar-refractivity contribution in [2.75, 3.05) is 7.05 Å². The molecular weight excluding hydrogens is 274 g/mol. The second kappa shape index (κ2) is 5.94. The molecule has 0 bridgehead atoms. The molecule has 0 saturated heterocycles. The number of hydrogen-bond acceptors (Lipinski definition) is 1. The predicted octanol–water partition coefficient (Wildman–Crippen LogP) is 4.60. The first kappa shape index (κ1) is 14.6. The molecule has 1 unspecified atom stereocenters. The van der Waals surface area contributed by atoms with Gasteiger partial charge < -0.3 is 5.32 Å². The number of hydrogen-bond donors (Lipinski definition) is 1. The molecule has 0 fully saturated rings. The van der Waals surface area contributed by atoms with E-state index < -0.39 is 18.6 Å². The number of nitrogens with one attached hydrogen (secondary N) is 1. The van der Waals surface area contributed by atoms with Gasteiger partial charge in [-0.15, -0.1) is 0 Å². The fourth-order valence-corrected chi connectivity index (χ4v) is 1.97. The Kier molecular flexibility index (Phi) is 5.10. The highest BCUT2D eigenvalue weighted by atomic mass is 35.5. The third-order valence-corrected chi connectivity index (χ3v) is 2.98. The Hall–Kier alpha value is -0.450. The minimum Gasteiger partial charge on any atom is -0.313 e. The van der Waals surface area contributed by atoms with E-state index in [2.05, 4.69) is 5.32 Å². The lowest BCUT2D eigenvalue weighted by Crippen LogP contribution is -2.20. The summed E-state index contributed by atoms with van der Waals surface area (Å²) in [6.07, 6.45) is -5.10. The molecular formula is C11H12Cl2F3N.